The molecule has 3 heterocycles. The highest BCUT2D eigenvalue weighted by atomic mass is 16.8. The summed E-state index contributed by atoms with van der Waals surface area (Å²) in [5, 5.41) is 121. The molecule has 3 rings (SSSR count). The van der Waals surface area contributed by atoms with Crippen LogP contribution in [0.1, 0.15) is 354 Å². The summed E-state index contributed by atoms with van der Waals surface area (Å²) in [6.07, 6.45) is 60.8. The minimum atomic E-state index is -1.98. The fourth-order valence-corrected chi connectivity index (χ4v) is 14.6. The van der Waals surface area contributed by atoms with Gasteiger partial charge in [0.2, 0.25) is 5.91 Å². The van der Waals surface area contributed by atoms with Crippen molar-refractivity contribution in [1.82, 2.24) is 5.32 Å². The second-order valence-electron chi connectivity index (χ2n) is 31.0. The molecule has 0 aromatic carbocycles. The van der Waals surface area contributed by atoms with Crippen LogP contribution in [0.25, 0.3) is 0 Å². The Morgan fingerprint density at radius 3 is 1.01 bits per heavy atom. The average molecular weight is 1510 g/mol. The molecule has 17 unspecified atom stereocenters. The topological polar surface area (TPSA) is 307 Å². The lowest BCUT2D eigenvalue weighted by Crippen LogP contribution is -2.66. The van der Waals surface area contributed by atoms with Crippen LogP contribution < -0.4 is 5.32 Å². The lowest BCUT2D eigenvalue weighted by molar-refractivity contribution is -0.379. The summed E-state index contributed by atoms with van der Waals surface area (Å²) in [6.45, 7) is 1.76. The van der Waals surface area contributed by atoms with Crippen LogP contribution in [-0.4, -0.2) is 193 Å². The Morgan fingerprint density at radius 1 is 0.340 bits per heavy atom. The summed E-state index contributed by atoms with van der Waals surface area (Å²) >= 11 is 0. The van der Waals surface area contributed by atoms with Gasteiger partial charge in [-0.15, -0.1) is 0 Å². The van der Waals surface area contributed by atoms with E-state index < -0.39 is 124 Å². The van der Waals surface area contributed by atoms with E-state index >= 15 is 0 Å². The van der Waals surface area contributed by atoms with Crippen molar-refractivity contribution in [3.8, 4) is 0 Å². The number of amides is 1. The highest BCUT2D eigenvalue weighted by molar-refractivity contribution is 5.76. The Labute approximate surface area is 643 Å². The molecule has 3 fully saturated rings. The van der Waals surface area contributed by atoms with Crippen LogP contribution in [0.15, 0.2) is 60.8 Å². The lowest BCUT2D eigenvalue weighted by Gasteiger charge is -2.48. The number of allylic oxidation sites excluding steroid dienone is 9. The van der Waals surface area contributed by atoms with E-state index in [2.05, 4.69) is 67.8 Å². The molecule has 0 radical (unpaired) electrons. The van der Waals surface area contributed by atoms with Crippen molar-refractivity contribution in [2.75, 3.05) is 26.4 Å². The van der Waals surface area contributed by atoms with Crippen molar-refractivity contribution in [2.45, 2.75) is 458 Å². The van der Waals surface area contributed by atoms with E-state index in [0.717, 1.165) is 51.4 Å². The molecule has 19 nitrogen and oxygen atoms in total. The quantitative estimate of drug-likeness (QED) is 0.0199. The summed E-state index contributed by atoms with van der Waals surface area (Å²) < 4.78 is 34.5. The van der Waals surface area contributed by atoms with E-state index in [4.69, 9.17) is 28.4 Å². The first-order valence-corrected chi connectivity index (χ1v) is 43.5. The Bertz CT molecular complexity index is 2150. The number of unbranched alkanes of at least 4 members (excludes halogenated alkanes) is 46. The Morgan fingerprint density at radius 2 is 0.632 bits per heavy atom. The first kappa shape index (κ1) is 97.7. The van der Waals surface area contributed by atoms with Crippen LogP contribution >= 0.6 is 0 Å². The Balaban J connectivity index is 1.35. The molecule has 0 spiro atoms. The van der Waals surface area contributed by atoms with Crippen LogP contribution in [0.5, 0.6) is 0 Å². The molecule has 0 aromatic heterocycles. The summed E-state index contributed by atoms with van der Waals surface area (Å²) in [4.78, 5) is 13.5. The highest BCUT2D eigenvalue weighted by Crippen LogP contribution is 2.33. The zero-order valence-electron chi connectivity index (χ0n) is 66.7. The standard InChI is InChI=1S/C87H159NO18/c1-3-5-7-9-11-13-15-17-19-21-23-25-27-29-31-33-34-35-36-37-39-41-43-45-47-49-51-53-55-57-59-61-63-65-75(93)88-70(71(92)64-62-60-58-56-54-52-50-48-46-44-42-40-38-32-30-28-26-24-22-20-18-16-14-12-10-8-6-4-2)69-101-85-81(99)78(96)83(73(67-90)103-85)106-87-82(100)79(97)84(74(68-91)104-87)105-86-80(98)77(95)76(94)72(66-89)102-86/h15,17,21,23,27,29,54,56,62,64,70-74,76-87,89-92,94-100H,3-14,16,18-20,22,24-26,28,30-53,55,57-61,63,65-69H2,1-2H3,(H,88,93)/b17-15-,23-21-,29-27-,56-54+,64-62+. The average Bonchev–Trinajstić information content (AvgIpc) is 0.781. The van der Waals surface area contributed by atoms with Gasteiger partial charge in [-0.1, -0.05) is 338 Å². The van der Waals surface area contributed by atoms with Gasteiger partial charge in [-0.05, 0) is 70.6 Å². The molecule has 17 atom stereocenters. The van der Waals surface area contributed by atoms with Gasteiger partial charge in [0.25, 0.3) is 0 Å². The molecule has 0 saturated carbocycles. The lowest BCUT2D eigenvalue weighted by atomic mass is 9.96. The zero-order valence-corrected chi connectivity index (χ0v) is 66.7. The molecule has 0 aromatic rings. The smallest absolute Gasteiger partial charge is 0.220 e. The van der Waals surface area contributed by atoms with Gasteiger partial charge < -0.3 is 89.9 Å². The minimum Gasteiger partial charge on any atom is -0.394 e. The van der Waals surface area contributed by atoms with Crippen LogP contribution in [0.2, 0.25) is 0 Å². The van der Waals surface area contributed by atoms with Gasteiger partial charge >= 0.3 is 0 Å². The van der Waals surface area contributed by atoms with Crippen LogP contribution in [0, 0.1) is 0 Å². The molecule has 0 aliphatic carbocycles. The number of ether oxygens (including phenoxy) is 6. The predicted molar refractivity (Wildman–Crippen MR) is 425 cm³/mol. The van der Waals surface area contributed by atoms with Gasteiger partial charge in [-0.25, -0.2) is 0 Å². The third-order valence-electron chi connectivity index (χ3n) is 21.5. The number of rotatable bonds is 70. The van der Waals surface area contributed by atoms with Crippen LogP contribution in [-0.2, 0) is 33.2 Å². The summed E-state index contributed by atoms with van der Waals surface area (Å²) in [6, 6.07) is -0.993. The predicted octanol–water partition coefficient (Wildman–Crippen LogP) is 15.8. The van der Waals surface area contributed by atoms with Crippen molar-refractivity contribution in [1.29, 1.82) is 0 Å². The molecule has 1 amide bonds. The molecule has 106 heavy (non-hydrogen) atoms. The SMILES string of the molecule is CCCCCCC/C=C\C/C=C\C/C=C\CCCCCCCCCCCCCCCCCCCCC(=O)NC(COC1OC(CO)C(OC2OC(CO)C(OC3OC(CO)C(O)C(O)C3O)C(O)C2O)C(O)C1O)C(O)/C=C/CC/C=C/CCCCCCCCCCCCCCCCCCCCCCCC. The summed E-state index contributed by atoms with van der Waals surface area (Å²) in [7, 11) is 0. The number of aliphatic hydroxyl groups is 11. The first-order chi connectivity index (χ1) is 51.8. The van der Waals surface area contributed by atoms with Gasteiger partial charge in [0.15, 0.2) is 18.9 Å². The van der Waals surface area contributed by atoms with Crippen molar-refractivity contribution in [3.63, 3.8) is 0 Å². The van der Waals surface area contributed by atoms with E-state index in [1.165, 1.54) is 270 Å². The third-order valence-corrected chi connectivity index (χ3v) is 21.5. The van der Waals surface area contributed by atoms with Gasteiger partial charge in [0, 0.05) is 6.42 Å². The van der Waals surface area contributed by atoms with Gasteiger partial charge in [0.1, 0.15) is 73.2 Å². The van der Waals surface area contributed by atoms with Gasteiger partial charge in [-0.2, -0.15) is 0 Å². The van der Waals surface area contributed by atoms with Crippen LogP contribution in [0.4, 0.5) is 0 Å². The molecule has 3 aliphatic heterocycles. The highest BCUT2D eigenvalue weighted by Gasteiger charge is 2.54. The fourth-order valence-electron chi connectivity index (χ4n) is 14.6. The van der Waals surface area contributed by atoms with Crippen molar-refractivity contribution in [3.05, 3.63) is 60.8 Å². The van der Waals surface area contributed by atoms with Gasteiger partial charge in [0.05, 0.1) is 38.6 Å². The summed E-state index contributed by atoms with van der Waals surface area (Å²) in [5.41, 5.74) is 0. The third kappa shape index (κ3) is 45.9. The second-order valence-corrected chi connectivity index (χ2v) is 31.0. The Hall–Kier alpha value is -2.51. The molecule has 0 bridgehead atoms. The van der Waals surface area contributed by atoms with Crippen molar-refractivity contribution in [2.24, 2.45) is 0 Å². The number of hydrogen-bond donors (Lipinski definition) is 12. The number of carbonyl (C=O) groups excluding carboxylic acids is 1. The minimum absolute atomic E-state index is 0.236. The van der Waals surface area contributed by atoms with Crippen molar-refractivity contribution < 1.29 is 89.4 Å². The number of aliphatic hydroxyl groups excluding tert-OH is 11. The van der Waals surface area contributed by atoms with E-state index in [-0.39, 0.29) is 18.9 Å². The molecule has 3 aliphatic rings. The normalized spacial score (nSPS) is 25.9. The van der Waals surface area contributed by atoms with E-state index in [1.54, 1.807) is 6.08 Å². The maximum atomic E-state index is 13.5. The second kappa shape index (κ2) is 67.0. The zero-order chi connectivity index (χ0) is 76.7. The molecular formula is C87H159NO18. The Kier molecular flexibility index (Phi) is 61.8. The number of carbonyl (C=O) groups is 1. The van der Waals surface area contributed by atoms with E-state index in [0.29, 0.717) is 12.8 Å². The summed E-state index contributed by atoms with van der Waals surface area (Å²) in [5.74, 6) is -0.280. The van der Waals surface area contributed by atoms with E-state index in [9.17, 15) is 61.0 Å². The van der Waals surface area contributed by atoms with Crippen molar-refractivity contribution >= 4 is 5.91 Å². The van der Waals surface area contributed by atoms with E-state index in [1.807, 2.05) is 6.08 Å². The molecule has 19 heteroatoms. The largest absolute Gasteiger partial charge is 0.394 e. The molecule has 12 N–H and O–H groups in total. The molecule has 620 valence electrons. The number of nitrogens with one attached hydrogen (secondary N) is 1. The fraction of sp³-hybridized carbons (Fsp3) is 0.874. The maximum absolute atomic E-state index is 13.5. The first-order valence-electron chi connectivity index (χ1n) is 43.5. The van der Waals surface area contributed by atoms with Crippen LogP contribution in [0.3, 0.4) is 0 Å². The monoisotopic (exact) mass is 1510 g/mol. The number of hydrogen-bond acceptors (Lipinski definition) is 18. The maximum Gasteiger partial charge on any atom is 0.220 e. The molecular weight excluding hydrogens is 1350 g/mol. The molecule has 3 saturated heterocycles. The van der Waals surface area contributed by atoms with Gasteiger partial charge in [-0.3, -0.25) is 4.79 Å².